The molecule has 0 bridgehead atoms. The highest BCUT2D eigenvalue weighted by Crippen LogP contribution is 2.22. The van der Waals surface area contributed by atoms with E-state index in [1.807, 2.05) is 30.7 Å². The molecule has 1 aliphatic carbocycles. The van der Waals surface area contributed by atoms with Crippen LogP contribution in [-0.4, -0.2) is 27.7 Å². The largest absolute Gasteiger partial charge is 0.391 e. The Morgan fingerprint density at radius 2 is 2.16 bits per heavy atom. The van der Waals surface area contributed by atoms with Crippen LogP contribution in [0.25, 0.3) is 0 Å². The molecule has 1 aliphatic rings. The lowest BCUT2D eigenvalue weighted by Gasteiger charge is -2.28. The van der Waals surface area contributed by atoms with Crippen LogP contribution in [-0.2, 0) is 0 Å². The van der Waals surface area contributed by atoms with Crippen LogP contribution in [0.15, 0.2) is 16.7 Å². The SMILES string of the molecule is CC(C)n1cc(Br)cc1C(=O)N[C@@H]1CCCC[C@H]1O. The van der Waals surface area contributed by atoms with Crippen molar-refractivity contribution in [3.05, 3.63) is 22.4 Å². The Labute approximate surface area is 122 Å². The van der Waals surface area contributed by atoms with Crippen LogP contribution in [0.1, 0.15) is 56.1 Å². The van der Waals surface area contributed by atoms with Gasteiger partial charge in [0.1, 0.15) is 5.69 Å². The zero-order chi connectivity index (χ0) is 14.0. The summed E-state index contributed by atoms with van der Waals surface area (Å²) in [5.74, 6) is -0.106. The first-order chi connectivity index (χ1) is 8.99. The summed E-state index contributed by atoms with van der Waals surface area (Å²) in [4.78, 5) is 12.3. The van der Waals surface area contributed by atoms with Crippen molar-refractivity contribution in [2.45, 2.75) is 57.7 Å². The standard InChI is InChI=1S/C14H21BrN2O2/c1-9(2)17-8-10(15)7-12(17)14(19)16-11-5-3-4-6-13(11)18/h7-9,11,13,18H,3-6H2,1-2H3,(H,16,19)/t11-,13-/m1/s1. The maximum atomic E-state index is 12.3. The number of aromatic nitrogens is 1. The monoisotopic (exact) mass is 328 g/mol. The van der Waals surface area contributed by atoms with E-state index in [2.05, 4.69) is 21.2 Å². The molecule has 106 valence electrons. The van der Waals surface area contributed by atoms with Crippen LogP contribution in [0.3, 0.4) is 0 Å². The van der Waals surface area contributed by atoms with E-state index in [0.717, 1.165) is 30.2 Å². The third-order valence-electron chi connectivity index (χ3n) is 3.65. The minimum atomic E-state index is -0.413. The quantitative estimate of drug-likeness (QED) is 0.896. The lowest BCUT2D eigenvalue weighted by molar-refractivity contribution is 0.0710. The first-order valence-electron chi connectivity index (χ1n) is 6.85. The van der Waals surface area contributed by atoms with E-state index in [4.69, 9.17) is 0 Å². The number of nitrogens with zero attached hydrogens (tertiary/aromatic N) is 1. The molecule has 1 saturated carbocycles. The summed E-state index contributed by atoms with van der Waals surface area (Å²) in [6, 6.07) is 1.93. The van der Waals surface area contributed by atoms with Gasteiger partial charge >= 0.3 is 0 Å². The summed E-state index contributed by atoms with van der Waals surface area (Å²) >= 11 is 3.41. The molecule has 1 fully saturated rings. The molecule has 1 heterocycles. The summed E-state index contributed by atoms with van der Waals surface area (Å²) in [6.07, 6.45) is 5.24. The number of carbonyl (C=O) groups excluding carboxylic acids is 1. The fourth-order valence-electron chi connectivity index (χ4n) is 2.58. The van der Waals surface area contributed by atoms with E-state index in [9.17, 15) is 9.90 Å². The van der Waals surface area contributed by atoms with Gasteiger partial charge in [0.25, 0.3) is 5.91 Å². The van der Waals surface area contributed by atoms with E-state index >= 15 is 0 Å². The van der Waals surface area contributed by atoms with Gasteiger partial charge in [0.15, 0.2) is 0 Å². The average molecular weight is 329 g/mol. The molecule has 0 unspecified atom stereocenters. The summed E-state index contributed by atoms with van der Waals surface area (Å²) < 4.78 is 2.84. The van der Waals surface area contributed by atoms with E-state index in [1.165, 1.54) is 0 Å². The fourth-order valence-corrected chi connectivity index (χ4v) is 3.01. The number of rotatable bonds is 3. The van der Waals surface area contributed by atoms with Crippen molar-refractivity contribution >= 4 is 21.8 Å². The molecule has 0 aromatic carbocycles. The first kappa shape index (κ1) is 14.6. The minimum Gasteiger partial charge on any atom is -0.391 e. The number of hydrogen-bond acceptors (Lipinski definition) is 2. The number of halogens is 1. The van der Waals surface area contributed by atoms with Crippen LogP contribution in [0, 0.1) is 0 Å². The molecule has 0 radical (unpaired) electrons. The minimum absolute atomic E-state index is 0.106. The lowest BCUT2D eigenvalue weighted by atomic mass is 9.92. The van der Waals surface area contributed by atoms with Gasteiger partial charge in [0, 0.05) is 16.7 Å². The van der Waals surface area contributed by atoms with Crippen molar-refractivity contribution in [3.8, 4) is 0 Å². The Balaban J connectivity index is 2.11. The molecule has 2 rings (SSSR count). The van der Waals surface area contributed by atoms with E-state index in [-0.39, 0.29) is 18.0 Å². The van der Waals surface area contributed by atoms with Gasteiger partial charge in [0.05, 0.1) is 12.1 Å². The predicted octanol–water partition coefficient (Wildman–Crippen LogP) is 2.86. The zero-order valence-electron chi connectivity index (χ0n) is 11.4. The molecule has 4 nitrogen and oxygen atoms in total. The lowest BCUT2D eigenvalue weighted by Crippen LogP contribution is -2.45. The van der Waals surface area contributed by atoms with E-state index in [1.54, 1.807) is 0 Å². The highest BCUT2D eigenvalue weighted by atomic mass is 79.9. The Morgan fingerprint density at radius 3 is 2.79 bits per heavy atom. The normalized spacial score (nSPS) is 23.6. The van der Waals surface area contributed by atoms with Crippen molar-refractivity contribution in [3.63, 3.8) is 0 Å². The van der Waals surface area contributed by atoms with Gasteiger partial charge in [-0.05, 0) is 48.7 Å². The molecule has 5 heteroatoms. The molecular weight excluding hydrogens is 308 g/mol. The van der Waals surface area contributed by atoms with Gasteiger partial charge in [-0.15, -0.1) is 0 Å². The van der Waals surface area contributed by atoms with Crippen molar-refractivity contribution in [2.24, 2.45) is 0 Å². The van der Waals surface area contributed by atoms with Crippen molar-refractivity contribution < 1.29 is 9.90 Å². The maximum Gasteiger partial charge on any atom is 0.268 e. The number of carbonyl (C=O) groups is 1. The summed E-state index contributed by atoms with van der Waals surface area (Å²) in [5, 5.41) is 12.9. The van der Waals surface area contributed by atoms with Crippen LogP contribution in [0.4, 0.5) is 0 Å². The first-order valence-corrected chi connectivity index (χ1v) is 7.64. The predicted molar refractivity (Wildman–Crippen MR) is 78.2 cm³/mol. The van der Waals surface area contributed by atoms with E-state index < -0.39 is 6.10 Å². The summed E-state index contributed by atoms with van der Waals surface area (Å²) in [5.41, 5.74) is 0.639. The second-order valence-corrected chi connectivity index (χ2v) is 6.39. The van der Waals surface area contributed by atoms with Crippen molar-refractivity contribution in [1.29, 1.82) is 0 Å². The maximum absolute atomic E-state index is 12.3. The second kappa shape index (κ2) is 6.09. The molecule has 0 saturated heterocycles. The number of hydrogen-bond donors (Lipinski definition) is 2. The van der Waals surface area contributed by atoms with Gasteiger partial charge in [-0.1, -0.05) is 12.8 Å². The summed E-state index contributed by atoms with van der Waals surface area (Å²) in [7, 11) is 0. The molecule has 1 amide bonds. The summed E-state index contributed by atoms with van der Waals surface area (Å²) in [6.45, 7) is 4.08. The Bertz CT molecular complexity index is 456. The van der Waals surface area contributed by atoms with Crippen LogP contribution in [0.2, 0.25) is 0 Å². The number of nitrogens with one attached hydrogen (secondary N) is 1. The molecular formula is C14H21BrN2O2. The molecule has 0 aliphatic heterocycles. The number of amides is 1. The smallest absolute Gasteiger partial charge is 0.268 e. The molecule has 19 heavy (non-hydrogen) atoms. The Morgan fingerprint density at radius 1 is 1.47 bits per heavy atom. The van der Waals surface area contributed by atoms with Gasteiger partial charge in [-0.2, -0.15) is 0 Å². The number of aliphatic hydroxyl groups excluding tert-OH is 1. The van der Waals surface area contributed by atoms with Gasteiger partial charge < -0.3 is 15.0 Å². The van der Waals surface area contributed by atoms with Crippen LogP contribution < -0.4 is 5.32 Å². The number of aliphatic hydroxyl groups is 1. The molecule has 1 aromatic heterocycles. The van der Waals surface area contributed by atoms with Crippen LogP contribution in [0.5, 0.6) is 0 Å². The fraction of sp³-hybridized carbons (Fsp3) is 0.643. The van der Waals surface area contributed by atoms with Gasteiger partial charge in [-0.25, -0.2) is 0 Å². The van der Waals surface area contributed by atoms with E-state index in [0.29, 0.717) is 5.69 Å². The topological polar surface area (TPSA) is 54.3 Å². The molecule has 1 aromatic rings. The highest BCUT2D eigenvalue weighted by Gasteiger charge is 2.26. The van der Waals surface area contributed by atoms with Gasteiger partial charge in [-0.3, -0.25) is 4.79 Å². The molecule has 2 N–H and O–H groups in total. The van der Waals surface area contributed by atoms with Crippen LogP contribution >= 0.6 is 15.9 Å². The second-order valence-electron chi connectivity index (χ2n) is 5.48. The third-order valence-corrected chi connectivity index (χ3v) is 4.08. The Hall–Kier alpha value is -0.810. The zero-order valence-corrected chi connectivity index (χ0v) is 13.0. The average Bonchev–Trinajstić information content (AvgIpc) is 2.74. The van der Waals surface area contributed by atoms with Gasteiger partial charge in [0.2, 0.25) is 0 Å². The molecule has 2 atom stereocenters. The molecule has 0 spiro atoms. The third kappa shape index (κ3) is 3.39. The van der Waals surface area contributed by atoms with Crippen molar-refractivity contribution in [2.75, 3.05) is 0 Å². The van der Waals surface area contributed by atoms with Crippen molar-refractivity contribution in [1.82, 2.24) is 9.88 Å². The highest BCUT2D eigenvalue weighted by molar-refractivity contribution is 9.10. The Kier molecular flexibility index (Phi) is 4.68.